The maximum Gasteiger partial charge on any atom is 0.329 e. The number of benzene rings is 1. The minimum Gasteiger partial charge on any atom is -0.469 e. The van der Waals surface area contributed by atoms with Crippen LogP contribution in [0.2, 0.25) is 0 Å². The molecule has 0 spiro atoms. The Labute approximate surface area is 141 Å². The van der Waals surface area contributed by atoms with Crippen LogP contribution in [0.3, 0.4) is 0 Å². The summed E-state index contributed by atoms with van der Waals surface area (Å²) in [5.74, 6) is 0.444. The number of carbonyl (C=O) groups excluding carboxylic acids is 2. The van der Waals surface area contributed by atoms with Crippen molar-refractivity contribution in [3.63, 3.8) is 0 Å². The van der Waals surface area contributed by atoms with Gasteiger partial charge in [-0.25, -0.2) is 4.79 Å². The predicted molar refractivity (Wildman–Crippen MR) is 88.0 cm³/mol. The van der Waals surface area contributed by atoms with E-state index in [4.69, 9.17) is 9.15 Å². The normalized spacial score (nSPS) is 17.0. The molecule has 1 aromatic heterocycles. The van der Waals surface area contributed by atoms with Gasteiger partial charge in [-0.3, -0.25) is 4.79 Å². The molecule has 2 aromatic rings. The number of hydrogen-bond acceptors (Lipinski definition) is 4. The first-order chi connectivity index (χ1) is 11.7. The molecule has 5 heteroatoms. The van der Waals surface area contributed by atoms with Crippen molar-refractivity contribution in [2.75, 3.05) is 6.54 Å². The quantitative estimate of drug-likeness (QED) is 0.765. The number of aryl methyl sites for hydroxylation is 1. The highest BCUT2D eigenvalue weighted by atomic mass is 16.5. The lowest BCUT2D eigenvalue weighted by Crippen LogP contribution is -2.41. The van der Waals surface area contributed by atoms with Crippen molar-refractivity contribution in [2.45, 2.75) is 38.3 Å². The Bertz CT molecular complexity index is 666. The Morgan fingerprint density at radius 3 is 2.75 bits per heavy atom. The third kappa shape index (κ3) is 4.04. The average Bonchev–Trinajstić information content (AvgIpc) is 3.30. The summed E-state index contributed by atoms with van der Waals surface area (Å²) in [6, 6.07) is 12.7. The van der Waals surface area contributed by atoms with Gasteiger partial charge in [0.05, 0.1) is 6.26 Å². The molecule has 2 heterocycles. The Hall–Kier alpha value is -2.56. The highest BCUT2D eigenvalue weighted by Gasteiger charge is 2.34. The smallest absolute Gasteiger partial charge is 0.329 e. The van der Waals surface area contributed by atoms with Gasteiger partial charge in [-0.1, -0.05) is 30.3 Å². The number of carbonyl (C=O) groups is 2. The fraction of sp³-hybridized carbons (Fsp3) is 0.368. The van der Waals surface area contributed by atoms with E-state index < -0.39 is 6.04 Å². The molecule has 1 amide bonds. The number of nitrogens with zero attached hydrogens (tertiary/aromatic N) is 1. The lowest BCUT2D eigenvalue weighted by Gasteiger charge is -2.23. The van der Waals surface area contributed by atoms with E-state index in [-0.39, 0.29) is 18.5 Å². The third-order valence-corrected chi connectivity index (χ3v) is 4.23. The van der Waals surface area contributed by atoms with Crippen molar-refractivity contribution < 1.29 is 18.7 Å². The molecule has 5 nitrogen and oxygen atoms in total. The largest absolute Gasteiger partial charge is 0.469 e. The molecule has 126 valence electrons. The third-order valence-electron chi connectivity index (χ3n) is 4.23. The fourth-order valence-corrected chi connectivity index (χ4v) is 2.96. The predicted octanol–water partition coefficient (Wildman–Crippen LogP) is 2.95. The number of rotatable bonds is 6. The topological polar surface area (TPSA) is 59.8 Å². The number of amides is 1. The van der Waals surface area contributed by atoms with Crippen molar-refractivity contribution >= 4 is 11.9 Å². The number of furan rings is 1. The molecular weight excluding hydrogens is 306 g/mol. The van der Waals surface area contributed by atoms with Gasteiger partial charge in [-0.2, -0.15) is 0 Å². The van der Waals surface area contributed by atoms with Crippen molar-refractivity contribution in [1.82, 2.24) is 4.90 Å². The molecule has 1 aliphatic heterocycles. The second-order valence-corrected chi connectivity index (χ2v) is 5.92. The first-order valence-corrected chi connectivity index (χ1v) is 8.26. The molecule has 3 rings (SSSR count). The van der Waals surface area contributed by atoms with Crippen LogP contribution < -0.4 is 0 Å². The molecule has 1 saturated heterocycles. The van der Waals surface area contributed by atoms with Crippen LogP contribution in [0.15, 0.2) is 53.1 Å². The summed E-state index contributed by atoms with van der Waals surface area (Å²) < 4.78 is 10.6. The van der Waals surface area contributed by atoms with E-state index in [0.29, 0.717) is 25.8 Å². The monoisotopic (exact) mass is 327 g/mol. The first-order valence-electron chi connectivity index (χ1n) is 8.26. The summed E-state index contributed by atoms with van der Waals surface area (Å²) in [6.45, 7) is 0.854. The zero-order chi connectivity index (χ0) is 16.8. The van der Waals surface area contributed by atoms with Crippen molar-refractivity contribution in [3.8, 4) is 0 Å². The molecule has 1 aromatic carbocycles. The zero-order valence-electron chi connectivity index (χ0n) is 13.5. The highest BCUT2D eigenvalue weighted by Crippen LogP contribution is 2.21. The number of ether oxygens (including phenoxy) is 1. The summed E-state index contributed by atoms with van der Waals surface area (Å²) >= 11 is 0. The van der Waals surface area contributed by atoms with Crippen molar-refractivity contribution in [1.29, 1.82) is 0 Å². The zero-order valence-corrected chi connectivity index (χ0v) is 13.5. The molecule has 1 atom stereocenters. The Balaban J connectivity index is 1.52. The molecule has 0 aliphatic carbocycles. The van der Waals surface area contributed by atoms with E-state index in [1.807, 2.05) is 36.4 Å². The van der Waals surface area contributed by atoms with Crippen LogP contribution in [0.5, 0.6) is 0 Å². The lowest BCUT2D eigenvalue weighted by molar-refractivity contribution is -0.154. The van der Waals surface area contributed by atoms with Gasteiger partial charge in [0.2, 0.25) is 5.91 Å². The van der Waals surface area contributed by atoms with E-state index in [1.54, 1.807) is 17.2 Å². The molecule has 1 unspecified atom stereocenters. The van der Waals surface area contributed by atoms with Crippen LogP contribution in [0.1, 0.15) is 30.6 Å². The summed E-state index contributed by atoms with van der Waals surface area (Å²) in [5.41, 5.74) is 0.944. The number of likely N-dealkylation sites (tertiary alicyclic amines) is 1. The minimum atomic E-state index is -0.460. The van der Waals surface area contributed by atoms with Crippen molar-refractivity contribution in [2.24, 2.45) is 0 Å². The van der Waals surface area contributed by atoms with Crippen LogP contribution in [-0.4, -0.2) is 29.4 Å². The van der Waals surface area contributed by atoms with Gasteiger partial charge in [0, 0.05) is 19.4 Å². The number of esters is 1. The molecule has 0 radical (unpaired) electrons. The highest BCUT2D eigenvalue weighted by molar-refractivity contribution is 5.85. The molecule has 1 aliphatic rings. The maximum absolute atomic E-state index is 12.4. The molecule has 0 saturated carbocycles. The van der Waals surface area contributed by atoms with Crippen LogP contribution in [-0.2, 0) is 27.4 Å². The van der Waals surface area contributed by atoms with Crippen molar-refractivity contribution in [3.05, 3.63) is 60.1 Å². The SMILES string of the molecule is O=C(OCc1ccccc1)C1CCCN1C(=O)CCc1ccco1. The van der Waals surface area contributed by atoms with E-state index in [0.717, 1.165) is 17.7 Å². The summed E-state index contributed by atoms with van der Waals surface area (Å²) in [6.07, 6.45) is 3.99. The van der Waals surface area contributed by atoms with Gasteiger partial charge in [0.25, 0.3) is 0 Å². The summed E-state index contributed by atoms with van der Waals surface area (Å²) in [4.78, 5) is 26.4. The van der Waals surface area contributed by atoms with Crippen LogP contribution in [0, 0.1) is 0 Å². The van der Waals surface area contributed by atoms with Gasteiger partial charge in [-0.05, 0) is 30.5 Å². The Morgan fingerprint density at radius 2 is 2.00 bits per heavy atom. The van der Waals surface area contributed by atoms with Gasteiger partial charge in [0.1, 0.15) is 18.4 Å². The fourth-order valence-electron chi connectivity index (χ4n) is 2.96. The second kappa shape index (κ2) is 7.81. The minimum absolute atomic E-state index is 0.0226. The van der Waals surface area contributed by atoms with Gasteiger partial charge < -0.3 is 14.1 Å². The molecule has 0 N–H and O–H groups in total. The van der Waals surface area contributed by atoms with Crippen LogP contribution >= 0.6 is 0 Å². The first kappa shape index (κ1) is 16.3. The second-order valence-electron chi connectivity index (χ2n) is 5.92. The van der Waals surface area contributed by atoms with E-state index in [2.05, 4.69) is 0 Å². The van der Waals surface area contributed by atoms with Crippen LogP contribution in [0.4, 0.5) is 0 Å². The van der Waals surface area contributed by atoms with Gasteiger partial charge in [-0.15, -0.1) is 0 Å². The van der Waals surface area contributed by atoms with E-state index in [9.17, 15) is 9.59 Å². The molecular formula is C19H21NO4. The lowest BCUT2D eigenvalue weighted by atomic mass is 10.2. The Morgan fingerprint density at radius 1 is 1.17 bits per heavy atom. The van der Waals surface area contributed by atoms with E-state index >= 15 is 0 Å². The van der Waals surface area contributed by atoms with E-state index in [1.165, 1.54) is 0 Å². The summed E-state index contributed by atoms with van der Waals surface area (Å²) in [7, 11) is 0. The molecule has 1 fully saturated rings. The Kier molecular flexibility index (Phi) is 5.31. The molecule has 24 heavy (non-hydrogen) atoms. The summed E-state index contributed by atoms with van der Waals surface area (Å²) in [5, 5.41) is 0. The molecule has 0 bridgehead atoms. The van der Waals surface area contributed by atoms with Gasteiger partial charge in [0.15, 0.2) is 0 Å². The van der Waals surface area contributed by atoms with Crippen LogP contribution in [0.25, 0.3) is 0 Å². The standard InChI is InChI=1S/C19H21NO4/c21-18(11-10-16-8-5-13-23-16)20-12-4-9-17(20)19(22)24-14-15-6-2-1-3-7-15/h1-3,5-8,13,17H,4,9-12,14H2. The van der Waals surface area contributed by atoms with Gasteiger partial charge >= 0.3 is 5.97 Å². The number of hydrogen-bond donors (Lipinski definition) is 0. The maximum atomic E-state index is 12.4. The average molecular weight is 327 g/mol.